The van der Waals surface area contributed by atoms with Gasteiger partial charge in [-0.05, 0) is 35.0 Å². The number of anilines is 1. The molecule has 1 aliphatic rings. The first kappa shape index (κ1) is 12.5. The summed E-state index contributed by atoms with van der Waals surface area (Å²) in [7, 11) is 0. The van der Waals surface area contributed by atoms with Crippen LogP contribution in [0.1, 0.15) is 19.3 Å². The summed E-state index contributed by atoms with van der Waals surface area (Å²) in [5.74, 6) is 0.778. The lowest BCUT2D eigenvalue weighted by Crippen LogP contribution is -2.40. The zero-order valence-electron chi connectivity index (χ0n) is 8.96. The van der Waals surface area contributed by atoms with Crippen LogP contribution in [0.4, 0.5) is 5.82 Å². The number of aromatic nitrogens is 2. The average Bonchev–Trinajstić information content (AvgIpc) is 2.23. The van der Waals surface area contributed by atoms with Gasteiger partial charge in [0, 0.05) is 11.3 Å². The Morgan fingerprint density at radius 2 is 2.31 bits per heavy atom. The number of thioether (sulfide) groups is 1. The fourth-order valence-electron chi connectivity index (χ4n) is 1.74. The van der Waals surface area contributed by atoms with E-state index in [-0.39, 0.29) is 0 Å². The van der Waals surface area contributed by atoms with Crippen LogP contribution in [0.25, 0.3) is 0 Å². The van der Waals surface area contributed by atoms with Crippen LogP contribution in [0.3, 0.4) is 0 Å². The van der Waals surface area contributed by atoms with Crippen molar-refractivity contribution >= 4 is 45.1 Å². The smallest absolute Gasteiger partial charge is 0.148 e. The maximum absolute atomic E-state index is 5.90. The van der Waals surface area contributed by atoms with E-state index in [0.717, 1.165) is 16.8 Å². The Bertz CT molecular complexity index is 379. The highest BCUT2D eigenvalue weighted by molar-refractivity contribution is 9.10. The Balaban J connectivity index is 2.02. The Hall–Kier alpha value is -0.0000000000000000555. The zero-order valence-corrected chi connectivity index (χ0v) is 12.1. The number of nitrogens with zero attached hydrogens (tertiary/aromatic N) is 2. The predicted molar refractivity (Wildman–Crippen MR) is 73.3 cm³/mol. The summed E-state index contributed by atoms with van der Waals surface area (Å²) in [6.45, 7) is 0.931. The van der Waals surface area contributed by atoms with Crippen molar-refractivity contribution in [3.8, 4) is 0 Å². The van der Waals surface area contributed by atoms with E-state index in [2.05, 4.69) is 37.5 Å². The minimum atomic E-state index is 0.386. The van der Waals surface area contributed by atoms with Crippen LogP contribution < -0.4 is 5.32 Å². The number of hydrogen-bond donors (Lipinski definition) is 1. The highest BCUT2D eigenvalue weighted by Gasteiger charge is 2.36. The molecule has 0 radical (unpaired) electrons. The van der Waals surface area contributed by atoms with Gasteiger partial charge in [0.2, 0.25) is 0 Å². The van der Waals surface area contributed by atoms with Crippen LogP contribution in [-0.2, 0) is 0 Å². The summed E-state index contributed by atoms with van der Waals surface area (Å²) < 4.78 is 1.13. The molecule has 0 aromatic carbocycles. The molecule has 1 saturated carbocycles. The molecule has 1 heterocycles. The van der Waals surface area contributed by atoms with Gasteiger partial charge in [0.25, 0.3) is 0 Å². The standard InChI is InChI=1S/C10H13BrClN3S/c1-16-10(3-2-4-10)5-13-9-7(11)8(12)14-6-15-9/h6H,2-5H2,1H3,(H,13,14,15). The van der Waals surface area contributed by atoms with Gasteiger partial charge in [0.05, 0.1) is 4.47 Å². The quantitative estimate of drug-likeness (QED) is 0.860. The van der Waals surface area contributed by atoms with Crippen LogP contribution in [0.15, 0.2) is 10.8 Å². The molecule has 3 nitrogen and oxygen atoms in total. The van der Waals surface area contributed by atoms with Crippen LogP contribution >= 0.6 is 39.3 Å². The molecule has 0 aliphatic heterocycles. The van der Waals surface area contributed by atoms with E-state index < -0.39 is 0 Å². The van der Waals surface area contributed by atoms with Gasteiger partial charge in [0.15, 0.2) is 0 Å². The third-order valence-electron chi connectivity index (χ3n) is 3.02. The highest BCUT2D eigenvalue weighted by Crippen LogP contribution is 2.43. The fraction of sp³-hybridized carbons (Fsp3) is 0.600. The Morgan fingerprint density at radius 3 is 2.88 bits per heavy atom. The van der Waals surface area contributed by atoms with E-state index >= 15 is 0 Å². The van der Waals surface area contributed by atoms with Gasteiger partial charge in [-0.15, -0.1) is 0 Å². The van der Waals surface area contributed by atoms with Crippen molar-refractivity contribution < 1.29 is 0 Å². The molecule has 0 saturated heterocycles. The molecule has 1 aliphatic carbocycles. The molecule has 0 unspecified atom stereocenters. The summed E-state index contributed by atoms with van der Waals surface area (Å²) in [5, 5.41) is 3.79. The SMILES string of the molecule is CSC1(CNc2ncnc(Cl)c2Br)CCC1. The summed E-state index contributed by atoms with van der Waals surface area (Å²) in [5.41, 5.74) is 0. The Morgan fingerprint density at radius 1 is 1.56 bits per heavy atom. The van der Waals surface area contributed by atoms with Gasteiger partial charge in [-0.25, -0.2) is 9.97 Å². The lowest BCUT2D eigenvalue weighted by Gasteiger charge is -2.40. The monoisotopic (exact) mass is 321 g/mol. The normalized spacial score (nSPS) is 17.9. The molecular weight excluding hydrogens is 310 g/mol. The van der Waals surface area contributed by atoms with Gasteiger partial charge in [-0.1, -0.05) is 18.0 Å². The largest absolute Gasteiger partial charge is 0.368 e. The van der Waals surface area contributed by atoms with E-state index in [9.17, 15) is 0 Å². The van der Waals surface area contributed by atoms with Crippen molar-refractivity contribution in [2.75, 3.05) is 18.1 Å². The van der Waals surface area contributed by atoms with Crippen LogP contribution in [0.2, 0.25) is 5.15 Å². The van der Waals surface area contributed by atoms with Crippen molar-refractivity contribution in [3.05, 3.63) is 16.0 Å². The van der Waals surface area contributed by atoms with Crippen molar-refractivity contribution in [2.24, 2.45) is 0 Å². The first-order chi connectivity index (χ1) is 7.67. The van der Waals surface area contributed by atoms with E-state index in [1.165, 1.54) is 25.6 Å². The third-order valence-corrected chi connectivity index (χ3v) is 5.71. The number of hydrogen-bond acceptors (Lipinski definition) is 4. The second-order valence-corrected chi connectivity index (χ2v) is 6.35. The highest BCUT2D eigenvalue weighted by atomic mass is 79.9. The van der Waals surface area contributed by atoms with Gasteiger partial charge >= 0.3 is 0 Å². The van der Waals surface area contributed by atoms with Crippen molar-refractivity contribution in [3.63, 3.8) is 0 Å². The molecule has 0 atom stereocenters. The summed E-state index contributed by atoms with van der Waals surface area (Å²) in [4.78, 5) is 8.07. The molecule has 0 spiro atoms. The minimum absolute atomic E-state index is 0.386. The molecular formula is C10H13BrClN3S. The van der Waals surface area contributed by atoms with Gasteiger partial charge < -0.3 is 5.32 Å². The number of halogens is 2. The molecule has 1 fully saturated rings. The van der Waals surface area contributed by atoms with Crippen LogP contribution in [-0.4, -0.2) is 27.5 Å². The van der Waals surface area contributed by atoms with E-state index in [0.29, 0.717) is 9.90 Å². The topological polar surface area (TPSA) is 37.8 Å². The minimum Gasteiger partial charge on any atom is -0.368 e. The predicted octanol–water partition coefficient (Wildman–Crippen LogP) is 3.59. The van der Waals surface area contributed by atoms with Gasteiger partial charge in [0.1, 0.15) is 17.3 Å². The van der Waals surface area contributed by atoms with E-state index in [1.54, 1.807) is 0 Å². The van der Waals surface area contributed by atoms with Crippen LogP contribution in [0.5, 0.6) is 0 Å². The summed E-state index contributed by atoms with van der Waals surface area (Å²) in [6, 6.07) is 0. The van der Waals surface area contributed by atoms with E-state index in [4.69, 9.17) is 11.6 Å². The fourth-order valence-corrected chi connectivity index (χ4v) is 3.13. The molecule has 0 amide bonds. The number of nitrogens with one attached hydrogen (secondary N) is 1. The first-order valence-corrected chi connectivity index (χ1v) is 7.51. The first-order valence-electron chi connectivity index (χ1n) is 5.12. The molecule has 2 rings (SSSR count). The lowest BCUT2D eigenvalue weighted by atomic mass is 9.84. The maximum Gasteiger partial charge on any atom is 0.148 e. The van der Waals surface area contributed by atoms with Crippen LogP contribution in [0, 0.1) is 0 Å². The van der Waals surface area contributed by atoms with Crippen molar-refractivity contribution in [2.45, 2.75) is 24.0 Å². The van der Waals surface area contributed by atoms with Gasteiger partial charge in [-0.2, -0.15) is 11.8 Å². The molecule has 1 aromatic heterocycles. The second kappa shape index (κ2) is 5.10. The maximum atomic E-state index is 5.90. The Labute approximate surface area is 113 Å². The third kappa shape index (κ3) is 2.46. The molecule has 88 valence electrons. The summed E-state index contributed by atoms with van der Waals surface area (Å²) >= 11 is 11.2. The molecule has 6 heteroatoms. The van der Waals surface area contributed by atoms with Crippen molar-refractivity contribution in [1.82, 2.24) is 9.97 Å². The number of rotatable bonds is 4. The average molecular weight is 323 g/mol. The molecule has 0 bridgehead atoms. The van der Waals surface area contributed by atoms with Crippen molar-refractivity contribution in [1.29, 1.82) is 0 Å². The molecule has 1 aromatic rings. The molecule has 16 heavy (non-hydrogen) atoms. The summed E-state index contributed by atoms with van der Waals surface area (Å²) in [6.07, 6.45) is 7.52. The Kier molecular flexibility index (Phi) is 3.97. The zero-order chi connectivity index (χ0) is 11.6. The second-order valence-electron chi connectivity index (χ2n) is 3.92. The van der Waals surface area contributed by atoms with E-state index in [1.807, 2.05) is 11.8 Å². The van der Waals surface area contributed by atoms with Gasteiger partial charge in [-0.3, -0.25) is 0 Å². The lowest BCUT2D eigenvalue weighted by molar-refractivity contribution is 0.379. The molecule has 1 N–H and O–H groups in total.